The highest BCUT2D eigenvalue weighted by atomic mass is 16.5. The molecule has 0 saturated heterocycles. The van der Waals surface area contributed by atoms with Gasteiger partial charge in [0, 0.05) is 22.9 Å². The second kappa shape index (κ2) is 8.20. The predicted molar refractivity (Wildman–Crippen MR) is 127 cm³/mol. The number of hydrogen-bond acceptors (Lipinski definition) is 7. The standard InChI is InChI=1S/C26H19N5O2/c1-2-7-23-22(6-1)26(29-20-9-8-18-14-27-15-19(18)12-20)31-25(30-23)17-4-3-5-21(13-17)33-16-24-28-10-11-32-24/h1-13,15H,14,16H2,(H,29,30,31). The van der Waals surface area contributed by atoms with Gasteiger partial charge in [-0.3, -0.25) is 4.99 Å². The van der Waals surface area contributed by atoms with Crippen LogP contribution in [-0.2, 0) is 13.2 Å². The number of nitrogens with one attached hydrogen (secondary N) is 1. The molecule has 1 N–H and O–H groups in total. The van der Waals surface area contributed by atoms with Crippen molar-refractivity contribution in [2.24, 2.45) is 4.99 Å². The van der Waals surface area contributed by atoms with Gasteiger partial charge in [0.05, 0.1) is 18.3 Å². The monoisotopic (exact) mass is 433 g/mol. The molecule has 0 bridgehead atoms. The van der Waals surface area contributed by atoms with Gasteiger partial charge in [0.2, 0.25) is 5.89 Å². The largest absolute Gasteiger partial charge is 0.484 e. The summed E-state index contributed by atoms with van der Waals surface area (Å²) in [4.78, 5) is 18.1. The van der Waals surface area contributed by atoms with Crippen LogP contribution in [0.15, 0.2) is 88.6 Å². The molecule has 7 nitrogen and oxygen atoms in total. The Hall–Kier alpha value is -4.52. The third kappa shape index (κ3) is 3.92. The van der Waals surface area contributed by atoms with Crippen LogP contribution in [0.4, 0.5) is 11.5 Å². The van der Waals surface area contributed by atoms with E-state index in [4.69, 9.17) is 19.1 Å². The van der Waals surface area contributed by atoms with E-state index >= 15 is 0 Å². The molecule has 160 valence electrons. The topological polar surface area (TPSA) is 85.4 Å². The number of ether oxygens (including phenoxy) is 1. The molecule has 1 aliphatic rings. The van der Waals surface area contributed by atoms with Gasteiger partial charge in [0.1, 0.15) is 17.8 Å². The molecular weight excluding hydrogens is 414 g/mol. The SMILES string of the molecule is C1=NCc2ccc(Nc3nc(-c4cccc(OCc5ncco5)c4)nc4ccccc34)cc21. The zero-order valence-corrected chi connectivity index (χ0v) is 17.6. The Kier molecular flexibility index (Phi) is 4.77. The average molecular weight is 433 g/mol. The molecule has 0 unspecified atom stereocenters. The first kappa shape index (κ1) is 19.2. The minimum Gasteiger partial charge on any atom is -0.484 e. The van der Waals surface area contributed by atoms with Gasteiger partial charge in [-0.25, -0.2) is 15.0 Å². The first-order valence-electron chi connectivity index (χ1n) is 10.6. The van der Waals surface area contributed by atoms with Crippen LogP contribution in [0, 0.1) is 0 Å². The molecule has 7 heteroatoms. The Bertz CT molecular complexity index is 1480. The van der Waals surface area contributed by atoms with Gasteiger partial charge in [0.15, 0.2) is 12.4 Å². The molecule has 0 amide bonds. The summed E-state index contributed by atoms with van der Waals surface area (Å²) in [5.74, 6) is 2.57. The molecular formula is C26H19N5O2. The van der Waals surface area contributed by atoms with E-state index in [2.05, 4.69) is 33.5 Å². The summed E-state index contributed by atoms with van der Waals surface area (Å²) in [7, 11) is 0. The third-order valence-electron chi connectivity index (χ3n) is 5.44. The van der Waals surface area contributed by atoms with Gasteiger partial charge in [0.25, 0.3) is 0 Å². The van der Waals surface area contributed by atoms with Gasteiger partial charge in [-0.15, -0.1) is 0 Å². The van der Waals surface area contributed by atoms with Crippen molar-refractivity contribution in [3.63, 3.8) is 0 Å². The molecule has 1 aliphatic heterocycles. The van der Waals surface area contributed by atoms with Crippen molar-refractivity contribution < 1.29 is 9.15 Å². The molecule has 5 aromatic rings. The van der Waals surface area contributed by atoms with Crippen molar-refractivity contribution in [1.82, 2.24) is 15.0 Å². The Morgan fingerprint density at radius 2 is 1.94 bits per heavy atom. The molecule has 0 spiro atoms. The number of anilines is 2. The second-order valence-corrected chi connectivity index (χ2v) is 7.66. The molecule has 6 rings (SSSR count). The Balaban J connectivity index is 1.35. The van der Waals surface area contributed by atoms with Crippen LogP contribution in [0.5, 0.6) is 5.75 Å². The van der Waals surface area contributed by atoms with Crippen LogP contribution in [-0.4, -0.2) is 21.2 Å². The fourth-order valence-corrected chi connectivity index (χ4v) is 3.81. The lowest BCUT2D eigenvalue weighted by Gasteiger charge is -2.12. The number of hydrogen-bond donors (Lipinski definition) is 1. The maximum atomic E-state index is 5.83. The van der Waals surface area contributed by atoms with Gasteiger partial charge in [-0.2, -0.15) is 0 Å². The highest BCUT2D eigenvalue weighted by Crippen LogP contribution is 2.30. The number of para-hydroxylation sites is 1. The van der Waals surface area contributed by atoms with E-state index in [0.29, 0.717) is 17.5 Å². The summed E-state index contributed by atoms with van der Waals surface area (Å²) in [5, 5.41) is 4.43. The molecule has 3 heterocycles. The Morgan fingerprint density at radius 1 is 0.970 bits per heavy atom. The number of oxazole rings is 1. The van der Waals surface area contributed by atoms with E-state index in [-0.39, 0.29) is 6.61 Å². The summed E-state index contributed by atoms with van der Waals surface area (Å²) in [6, 6.07) is 21.9. The maximum absolute atomic E-state index is 5.83. The lowest BCUT2D eigenvalue weighted by molar-refractivity contribution is 0.263. The van der Waals surface area contributed by atoms with Gasteiger partial charge in [-0.05, 0) is 47.5 Å². The molecule has 0 radical (unpaired) electrons. The summed E-state index contributed by atoms with van der Waals surface area (Å²) in [6.07, 6.45) is 5.04. The first-order chi connectivity index (χ1) is 16.3. The van der Waals surface area contributed by atoms with Crippen molar-refractivity contribution in [3.05, 3.63) is 96.2 Å². The number of nitrogens with zero attached hydrogens (tertiary/aromatic N) is 4. The lowest BCUT2D eigenvalue weighted by Crippen LogP contribution is -2.00. The summed E-state index contributed by atoms with van der Waals surface area (Å²) in [6.45, 7) is 0.994. The quantitative estimate of drug-likeness (QED) is 0.378. The van der Waals surface area contributed by atoms with Gasteiger partial charge >= 0.3 is 0 Å². The minimum atomic E-state index is 0.253. The lowest BCUT2D eigenvalue weighted by atomic mass is 10.1. The van der Waals surface area contributed by atoms with Crippen molar-refractivity contribution in [1.29, 1.82) is 0 Å². The maximum Gasteiger partial charge on any atom is 0.232 e. The molecule has 0 fully saturated rings. The van der Waals surface area contributed by atoms with E-state index in [1.54, 1.807) is 6.20 Å². The molecule has 33 heavy (non-hydrogen) atoms. The van der Waals surface area contributed by atoms with Crippen LogP contribution >= 0.6 is 0 Å². The van der Waals surface area contributed by atoms with E-state index < -0.39 is 0 Å². The zero-order valence-electron chi connectivity index (χ0n) is 17.6. The molecule has 3 aromatic carbocycles. The van der Waals surface area contributed by atoms with Crippen molar-refractivity contribution in [2.75, 3.05) is 5.32 Å². The fourth-order valence-electron chi connectivity index (χ4n) is 3.81. The summed E-state index contributed by atoms with van der Waals surface area (Å²) < 4.78 is 11.1. The Morgan fingerprint density at radius 3 is 2.88 bits per heavy atom. The smallest absolute Gasteiger partial charge is 0.232 e. The fraction of sp³-hybridized carbons (Fsp3) is 0.0769. The highest BCUT2D eigenvalue weighted by Gasteiger charge is 2.12. The van der Waals surface area contributed by atoms with Crippen molar-refractivity contribution >= 4 is 28.6 Å². The minimum absolute atomic E-state index is 0.253. The van der Waals surface area contributed by atoms with Crippen LogP contribution in [0.2, 0.25) is 0 Å². The second-order valence-electron chi connectivity index (χ2n) is 7.66. The predicted octanol–water partition coefficient (Wildman–Crippen LogP) is 5.54. The Labute approximate surface area is 189 Å². The van der Waals surface area contributed by atoms with E-state index in [0.717, 1.165) is 40.1 Å². The van der Waals surface area contributed by atoms with Crippen LogP contribution in [0.25, 0.3) is 22.3 Å². The number of rotatable bonds is 6. The highest BCUT2D eigenvalue weighted by molar-refractivity contribution is 5.93. The van der Waals surface area contributed by atoms with Crippen molar-refractivity contribution in [3.8, 4) is 17.1 Å². The zero-order chi connectivity index (χ0) is 22.0. The van der Waals surface area contributed by atoms with Crippen LogP contribution < -0.4 is 10.1 Å². The molecule has 0 atom stereocenters. The number of aliphatic imine (C=N–C) groups is 1. The normalized spacial score (nSPS) is 12.1. The summed E-state index contributed by atoms with van der Waals surface area (Å²) >= 11 is 0. The van der Waals surface area contributed by atoms with Crippen molar-refractivity contribution in [2.45, 2.75) is 13.2 Å². The molecule has 0 saturated carbocycles. The van der Waals surface area contributed by atoms with Gasteiger partial charge in [-0.1, -0.05) is 30.3 Å². The number of benzene rings is 3. The van der Waals surface area contributed by atoms with Crippen LogP contribution in [0.1, 0.15) is 17.0 Å². The average Bonchev–Trinajstić information content (AvgIpc) is 3.55. The molecule has 2 aromatic heterocycles. The van der Waals surface area contributed by atoms with Gasteiger partial charge < -0.3 is 14.5 Å². The number of aromatic nitrogens is 3. The van der Waals surface area contributed by atoms with E-state index in [1.807, 2.05) is 54.7 Å². The van der Waals surface area contributed by atoms with Crippen LogP contribution in [0.3, 0.4) is 0 Å². The first-order valence-corrected chi connectivity index (χ1v) is 10.6. The number of fused-ring (bicyclic) bond motifs is 2. The third-order valence-corrected chi connectivity index (χ3v) is 5.44. The summed E-state index contributed by atoms with van der Waals surface area (Å²) in [5.41, 5.74) is 5.04. The molecule has 0 aliphatic carbocycles. The van der Waals surface area contributed by atoms with E-state index in [1.165, 1.54) is 11.8 Å². The van der Waals surface area contributed by atoms with E-state index in [9.17, 15) is 0 Å².